The van der Waals surface area contributed by atoms with Crippen LogP contribution < -0.4 is 10.1 Å². The smallest absolute Gasteiger partial charge is 0.271 e. The molecule has 4 rings (SSSR count). The third-order valence-electron chi connectivity index (χ3n) is 5.76. The van der Waals surface area contributed by atoms with Crippen molar-refractivity contribution in [3.05, 3.63) is 88.5 Å². The van der Waals surface area contributed by atoms with Crippen molar-refractivity contribution in [1.29, 1.82) is 0 Å². The minimum Gasteiger partial charge on any atom is -0.497 e. The lowest BCUT2D eigenvalue weighted by Crippen LogP contribution is -2.23. The Labute approximate surface area is 219 Å². The number of carbonyl (C=O) groups is 1. The van der Waals surface area contributed by atoms with Gasteiger partial charge in [0.25, 0.3) is 5.69 Å². The first-order valence-electron chi connectivity index (χ1n) is 11.7. The Morgan fingerprint density at radius 3 is 2.43 bits per heavy atom. The van der Waals surface area contributed by atoms with Crippen LogP contribution in [-0.2, 0) is 4.79 Å². The van der Waals surface area contributed by atoms with Gasteiger partial charge in [0.15, 0.2) is 11.0 Å². The number of ether oxygens (including phenoxy) is 1. The molecule has 0 spiro atoms. The summed E-state index contributed by atoms with van der Waals surface area (Å²) < 4.78 is 7.27. The molecule has 0 bridgehead atoms. The molecule has 9 nitrogen and oxygen atoms in total. The Morgan fingerprint density at radius 2 is 1.76 bits per heavy atom. The Balaban J connectivity index is 1.69. The second kappa shape index (κ2) is 11.3. The number of benzene rings is 3. The maximum Gasteiger partial charge on any atom is 0.271 e. The number of amides is 1. The molecule has 1 heterocycles. The second-order valence-electron chi connectivity index (χ2n) is 8.64. The molecule has 1 amide bonds. The fourth-order valence-corrected chi connectivity index (χ4v) is 4.68. The van der Waals surface area contributed by atoms with E-state index in [1.165, 1.54) is 30.0 Å². The average Bonchev–Trinajstić information content (AvgIpc) is 3.31. The van der Waals surface area contributed by atoms with Crippen LogP contribution in [0.1, 0.15) is 32.3 Å². The zero-order valence-electron chi connectivity index (χ0n) is 20.9. The molecule has 37 heavy (non-hydrogen) atoms. The summed E-state index contributed by atoms with van der Waals surface area (Å²) in [5.41, 5.74) is 3.17. The predicted molar refractivity (Wildman–Crippen MR) is 144 cm³/mol. The van der Waals surface area contributed by atoms with E-state index in [4.69, 9.17) is 4.74 Å². The molecule has 4 aromatic rings. The van der Waals surface area contributed by atoms with Crippen molar-refractivity contribution in [2.45, 2.75) is 37.1 Å². The van der Waals surface area contributed by atoms with Crippen LogP contribution in [0.4, 0.5) is 11.4 Å². The molecule has 1 N–H and O–H groups in total. The number of aromatic nitrogens is 3. The van der Waals surface area contributed by atoms with Crippen molar-refractivity contribution in [3.8, 4) is 22.8 Å². The van der Waals surface area contributed by atoms with Crippen molar-refractivity contribution in [1.82, 2.24) is 14.8 Å². The molecule has 0 saturated carbocycles. The minimum absolute atomic E-state index is 0.0905. The van der Waals surface area contributed by atoms with Gasteiger partial charge in [0.05, 0.1) is 23.0 Å². The van der Waals surface area contributed by atoms with Crippen LogP contribution in [0.25, 0.3) is 17.1 Å². The zero-order chi connectivity index (χ0) is 26.5. The van der Waals surface area contributed by atoms with E-state index in [0.717, 1.165) is 22.6 Å². The lowest BCUT2D eigenvalue weighted by Gasteiger charge is -2.18. The highest BCUT2D eigenvalue weighted by Gasteiger charge is 2.24. The number of para-hydroxylation sites is 1. The first-order valence-corrected chi connectivity index (χ1v) is 12.6. The first-order chi connectivity index (χ1) is 17.8. The third-order valence-corrected chi connectivity index (χ3v) is 6.80. The minimum atomic E-state index is -0.558. The number of nitro benzene ring substituents is 1. The molecule has 0 saturated heterocycles. The standard InChI is InChI=1S/C27H27N5O4S/c1-17(2)23-10-5-6-11-24(23)31-25(19-12-14-22(36-4)15-13-19)29-30-27(31)37-18(3)26(33)28-20-8-7-9-21(16-20)32(34)35/h5-18H,1-4H3,(H,28,33). The van der Waals surface area contributed by atoms with Crippen LogP contribution in [0.2, 0.25) is 0 Å². The molecule has 0 aliphatic heterocycles. The number of hydrogen-bond donors (Lipinski definition) is 1. The molecule has 1 unspecified atom stereocenters. The van der Waals surface area contributed by atoms with Crippen molar-refractivity contribution in [2.75, 3.05) is 12.4 Å². The van der Waals surface area contributed by atoms with Gasteiger partial charge in [0, 0.05) is 23.4 Å². The molecule has 0 radical (unpaired) electrons. The number of nitro groups is 1. The molecule has 1 aromatic heterocycles. The first kappa shape index (κ1) is 25.9. The summed E-state index contributed by atoms with van der Waals surface area (Å²) in [6.07, 6.45) is 0. The van der Waals surface area contributed by atoms with Crippen molar-refractivity contribution in [3.63, 3.8) is 0 Å². The van der Waals surface area contributed by atoms with E-state index in [-0.39, 0.29) is 17.5 Å². The van der Waals surface area contributed by atoms with Gasteiger partial charge in [-0.15, -0.1) is 10.2 Å². The van der Waals surface area contributed by atoms with Gasteiger partial charge >= 0.3 is 0 Å². The van der Waals surface area contributed by atoms with Gasteiger partial charge in [-0.3, -0.25) is 19.5 Å². The highest BCUT2D eigenvalue weighted by Crippen LogP contribution is 2.34. The molecule has 0 aliphatic carbocycles. The van der Waals surface area contributed by atoms with Gasteiger partial charge in [-0.2, -0.15) is 0 Å². The highest BCUT2D eigenvalue weighted by atomic mass is 32.2. The molecule has 10 heteroatoms. The Hall–Kier alpha value is -4.18. The topological polar surface area (TPSA) is 112 Å². The number of nitrogens with zero attached hydrogens (tertiary/aromatic N) is 4. The average molecular weight is 518 g/mol. The van der Waals surface area contributed by atoms with Crippen LogP contribution in [0.5, 0.6) is 5.75 Å². The molecule has 0 fully saturated rings. The molecular formula is C27H27N5O4S. The number of nitrogens with one attached hydrogen (secondary N) is 1. The fraction of sp³-hybridized carbons (Fsp3) is 0.222. The molecule has 1 atom stereocenters. The van der Waals surface area contributed by atoms with Gasteiger partial charge in [-0.05, 0) is 54.8 Å². The number of carbonyl (C=O) groups excluding carboxylic acids is 1. The Bertz CT molecular complexity index is 1420. The van der Waals surface area contributed by atoms with E-state index in [0.29, 0.717) is 16.7 Å². The van der Waals surface area contributed by atoms with Crippen LogP contribution in [0, 0.1) is 10.1 Å². The molecular weight excluding hydrogens is 490 g/mol. The Kier molecular flexibility index (Phi) is 7.88. The van der Waals surface area contributed by atoms with E-state index in [1.807, 2.05) is 47.0 Å². The van der Waals surface area contributed by atoms with E-state index in [9.17, 15) is 14.9 Å². The lowest BCUT2D eigenvalue weighted by atomic mass is 10.0. The predicted octanol–water partition coefficient (Wildman–Crippen LogP) is 6.09. The van der Waals surface area contributed by atoms with Crippen LogP contribution in [0.3, 0.4) is 0 Å². The SMILES string of the molecule is COc1ccc(-c2nnc(SC(C)C(=O)Nc3cccc([N+](=O)[O-])c3)n2-c2ccccc2C(C)C)cc1. The molecule has 3 aromatic carbocycles. The summed E-state index contributed by atoms with van der Waals surface area (Å²) in [5, 5.41) is 22.8. The summed E-state index contributed by atoms with van der Waals surface area (Å²) in [7, 11) is 1.62. The van der Waals surface area contributed by atoms with Crippen molar-refractivity contribution < 1.29 is 14.5 Å². The fourth-order valence-electron chi connectivity index (χ4n) is 3.82. The number of thioether (sulfide) groups is 1. The van der Waals surface area contributed by atoms with E-state index in [1.54, 1.807) is 20.1 Å². The second-order valence-corrected chi connectivity index (χ2v) is 9.95. The maximum absolute atomic E-state index is 13.0. The summed E-state index contributed by atoms with van der Waals surface area (Å²) >= 11 is 1.27. The summed E-state index contributed by atoms with van der Waals surface area (Å²) in [5.74, 6) is 1.32. The van der Waals surface area contributed by atoms with Gasteiger partial charge in [-0.25, -0.2) is 0 Å². The summed E-state index contributed by atoms with van der Waals surface area (Å²) in [4.78, 5) is 23.6. The van der Waals surface area contributed by atoms with E-state index in [2.05, 4.69) is 35.4 Å². The molecule has 190 valence electrons. The number of anilines is 1. The Morgan fingerprint density at radius 1 is 1.03 bits per heavy atom. The van der Waals surface area contributed by atoms with Gasteiger partial charge < -0.3 is 10.1 Å². The molecule has 0 aliphatic rings. The normalized spacial score (nSPS) is 11.8. The third kappa shape index (κ3) is 5.80. The lowest BCUT2D eigenvalue weighted by molar-refractivity contribution is -0.384. The zero-order valence-corrected chi connectivity index (χ0v) is 21.7. The van der Waals surface area contributed by atoms with Crippen LogP contribution in [-0.4, -0.2) is 38.0 Å². The number of hydrogen-bond acceptors (Lipinski definition) is 7. The number of non-ortho nitro benzene ring substituents is 1. The number of rotatable bonds is 9. The van der Waals surface area contributed by atoms with E-state index < -0.39 is 10.2 Å². The highest BCUT2D eigenvalue weighted by molar-refractivity contribution is 8.00. The monoisotopic (exact) mass is 517 g/mol. The maximum atomic E-state index is 13.0. The largest absolute Gasteiger partial charge is 0.497 e. The van der Waals surface area contributed by atoms with Crippen molar-refractivity contribution in [2.24, 2.45) is 0 Å². The number of methoxy groups -OCH3 is 1. The van der Waals surface area contributed by atoms with Crippen LogP contribution >= 0.6 is 11.8 Å². The summed E-state index contributed by atoms with van der Waals surface area (Å²) in [6.45, 7) is 6.01. The van der Waals surface area contributed by atoms with E-state index >= 15 is 0 Å². The van der Waals surface area contributed by atoms with Gasteiger partial charge in [-0.1, -0.05) is 49.9 Å². The van der Waals surface area contributed by atoms with Crippen molar-refractivity contribution >= 4 is 29.0 Å². The van der Waals surface area contributed by atoms with Gasteiger partial charge in [0.2, 0.25) is 5.91 Å². The van der Waals surface area contributed by atoms with Gasteiger partial charge in [0.1, 0.15) is 5.75 Å². The van der Waals surface area contributed by atoms with Crippen LogP contribution in [0.15, 0.2) is 78.0 Å². The quantitative estimate of drug-likeness (QED) is 0.162. The summed E-state index contributed by atoms with van der Waals surface area (Å²) in [6, 6.07) is 21.5.